The van der Waals surface area contributed by atoms with E-state index < -0.39 is 71.2 Å². The van der Waals surface area contributed by atoms with Crippen molar-refractivity contribution in [1.82, 2.24) is 0 Å². The number of halogens is 4. The number of allylic oxidation sites excluding steroid dienone is 1. The lowest BCUT2D eigenvalue weighted by Gasteiger charge is -2.11. The molecule has 2 rings (SSSR count). The maximum absolute atomic E-state index is 14.0. The minimum atomic E-state index is -1.69. The van der Waals surface area contributed by atoms with Crippen molar-refractivity contribution in [2.75, 3.05) is 7.11 Å². The summed E-state index contributed by atoms with van der Waals surface area (Å²) in [6.07, 6.45) is 5.72. The number of carbonyl (C=O) groups excluding carboxylic acids is 2. The zero-order valence-corrected chi connectivity index (χ0v) is 14.5. The molecule has 2 atom stereocenters. The fourth-order valence-electron chi connectivity index (χ4n) is 2.50. The van der Waals surface area contributed by atoms with Crippen LogP contribution in [0.4, 0.5) is 17.6 Å². The van der Waals surface area contributed by atoms with E-state index >= 15 is 0 Å². The van der Waals surface area contributed by atoms with E-state index in [9.17, 15) is 27.2 Å². The Morgan fingerprint density at radius 1 is 1.18 bits per heavy atom. The largest absolute Gasteiger partial charge is 0.465 e. The molecule has 0 unspecified atom stereocenters. The summed E-state index contributed by atoms with van der Waals surface area (Å²) in [6, 6.07) is 1.62. The smallest absolute Gasteiger partial charge is 0.348 e. The third kappa shape index (κ3) is 4.15. The number of nitriles is 1. The van der Waals surface area contributed by atoms with Crippen LogP contribution in [0.5, 0.6) is 0 Å². The predicted octanol–water partition coefficient (Wildman–Crippen LogP) is 2.72. The first-order chi connectivity index (χ1) is 13.3. The van der Waals surface area contributed by atoms with Crippen molar-refractivity contribution in [3.05, 3.63) is 46.0 Å². The summed E-state index contributed by atoms with van der Waals surface area (Å²) in [7, 11) is 1.09. The fourth-order valence-corrected chi connectivity index (χ4v) is 2.50. The summed E-state index contributed by atoms with van der Waals surface area (Å²) < 4.78 is 64.8. The average molecular weight is 395 g/mol. The molecule has 1 saturated carbocycles. The van der Waals surface area contributed by atoms with Gasteiger partial charge in [-0.1, -0.05) is 6.08 Å². The van der Waals surface area contributed by atoms with Gasteiger partial charge in [-0.15, -0.1) is 12.3 Å². The van der Waals surface area contributed by atoms with Gasteiger partial charge in [0.2, 0.25) is 0 Å². The van der Waals surface area contributed by atoms with Gasteiger partial charge in [-0.25, -0.2) is 22.4 Å². The van der Waals surface area contributed by atoms with Crippen LogP contribution < -0.4 is 0 Å². The molecule has 5 nitrogen and oxygen atoms in total. The lowest BCUT2D eigenvalue weighted by atomic mass is 10.1. The summed E-state index contributed by atoms with van der Waals surface area (Å²) in [5.41, 5.74) is -2.30. The highest BCUT2D eigenvalue weighted by molar-refractivity contribution is 5.93. The number of hydrogen-bond acceptors (Lipinski definition) is 5. The molecule has 1 aliphatic carbocycles. The van der Waals surface area contributed by atoms with E-state index in [1.54, 1.807) is 6.07 Å². The van der Waals surface area contributed by atoms with Gasteiger partial charge in [0.25, 0.3) is 0 Å². The molecule has 1 aromatic rings. The molecule has 0 amide bonds. The maximum atomic E-state index is 14.0. The van der Waals surface area contributed by atoms with Crippen LogP contribution in [-0.2, 0) is 32.1 Å². The van der Waals surface area contributed by atoms with Crippen molar-refractivity contribution in [3.63, 3.8) is 0 Å². The second-order valence-corrected chi connectivity index (χ2v) is 5.89. The minimum Gasteiger partial charge on any atom is -0.465 e. The molecule has 0 spiro atoms. The number of terminal acetylenes is 1. The van der Waals surface area contributed by atoms with Crippen molar-refractivity contribution in [1.29, 1.82) is 5.26 Å². The summed E-state index contributed by atoms with van der Waals surface area (Å²) in [6.45, 7) is -1.03. The number of esters is 2. The van der Waals surface area contributed by atoms with Crippen LogP contribution in [0.3, 0.4) is 0 Å². The van der Waals surface area contributed by atoms with Crippen molar-refractivity contribution < 1.29 is 36.6 Å². The number of carbonyl (C=O) groups is 2. The normalized spacial score (nSPS) is 18.0. The average Bonchev–Trinajstić information content (AvgIpc) is 3.46. The number of rotatable bonds is 6. The molecule has 0 aromatic heterocycles. The summed E-state index contributed by atoms with van der Waals surface area (Å²) in [5, 5.41) is 8.85. The highest BCUT2D eigenvalue weighted by atomic mass is 19.2. The van der Waals surface area contributed by atoms with Crippen molar-refractivity contribution in [3.8, 4) is 18.4 Å². The number of benzene rings is 1. The quantitative estimate of drug-likeness (QED) is 0.185. The first kappa shape index (κ1) is 21.0. The van der Waals surface area contributed by atoms with Crippen LogP contribution in [0.15, 0.2) is 11.6 Å². The Bertz CT molecular complexity index is 914. The topological polar surface area (TPSA) is 76.4 Å². The Labute approximate surface area is 157 Å². The lowest BCUT2D eigenvalue weighted by Crippen LogP contribution is -2.13. The van der Waals surface area contributed by atoms with Crippen LogP contribution in [0.2, 0.25) is 0 Å². The molecule has 0 bridgehead atoms. The SMILES string of the molecule is C#CCc1c(F)c(F)c(COC(=O)[C@@H]2C[C@H]2C=C(C#N)C(=O)OC)c(F)c1F. The predicted molar refractivity (Wildman–Crippen MR) is 85.9 cm³/mol. The van der Waals surface area contributed by atoms with Crippen LogP contribution in [0.1, 0.15) is 17.5 Å². The van der Waals surface area contributed by atoms with Gasteiger partial charge in [0.05, 0.1) is 18.6 Å². The fraction of sp³-hybridized carbons (Fsp3) is 0.316. The highest BCUT2D eigenvalue weighted by Crippen LogP contribution is 2.41. The Kier molecular flexibility index (Phi) is 6.42. The minimum absolute atomic E-state index is 0.232. The van der Waals surface area contributed by atoms with Crippen LogP contribution in [-0.4, -0.2) is 19.0 Å². The van der Waals surface area contributed by atoms with Crippen molar-refractivity contribution >= 4 is 11.9 Å². The van der Waals surface area contributed by atoms with E-state index in [4.69, 9.17) is 16.4 Å². The van der Waals surface area contributed by atoms with Gasteiger partial charge in [-0.05, 0) is 12.3 Å². The summed E-state index contributed by atoms with van der Waals surface area (Å²) >= 11 is 0. The number of nitrogens with zero attached hydrogens (tertiary/aromatic N) is 1. The Balaban J connectivity index is 2.09. The molecule has 1 aromatic carbocycles. The van der Waals surface area contributed by atoms with E-state index in [2.05, 4.69) is 4.74 Å². The van der Waals surface area contributed by atoms with E-state index in [-0.39, 0.29) is 12.0 Å². The number of methoxy groups -OCH3 is 1. The second-order valence-electron chi connectivity index (χ2n) is 5.89. The molecule has 9 heteroatoms. The molecule has 0 saturated heterocycles. The molecular weight excluding hydrogens is 382 g/mol. The molecule has 1 aliphatic rings. The lowest BCUT2D eigenvalue weighted by molar-refractivity contribution is -0.147. The van der Waals surface area contributed by atoms with E-state index in [0.717, 1.165) is 7.11 Å². The van der Waals surface area contributed by atoms with E-state index in [1.807, 2.05) is 5.92 Å². The van der Waals surface area contributed by atoms with Gasteiger partial charge in [0.1, 0.15) is 18.2 Å². The molecule has 28 heavy (non-hydrogen) atoms. The zero-order valence-electron chi connectivity index (χ0n) is 14.5. The van der Waals surface area contributed by atoms with Gasteiger partial charge in [-0.3, -0.25) is 4.79 Å². The molecule has 0 N–H and O–H groups in total. The Hall–Kier alpha value is -3.33. The molecule has 0 heterocycles. The van der Waals surface area contributed by atoms with Gasteiger partial charge in [0, 0.05) is 12.0 Å². The third-order valence-corrected chi connectivity index (χ3v) is 4.13. The number of hydrogen-bond donors (Lipinski definition) is 0. The van der Waals surface area contributed by atoms with E-state index in [1.165, 1.54) is 6.08 Å². The molecule has 0 aliphatic heterocycles. The summed E-state index contributed by atoms with van der Waals surface area (Å²) in [5.74, 6) is -7.81. The first-order valence-electron chi connectivity index (χ1n) is 7.90. The van der Waals surface area contributed by atoms with Crippen molar-refractivity contribution in [2.24, 2.45) is 11.8 Å². The second kappa shape index (κ2) is 8.57. The van der Waals surface area contributed by atoms with Crippen LogP contribution in [0.25, 0.3) is 0 Å². The Morgan fingerprint density at radius 3 is 2.25 bits per heavy atom. The molecular formula is C19H13F4NO4. The van der Waals surface area contributed by atoms with Crippen LogP contribution in [0, 0.1) is 58.8 Å². The van der Waals surface area contributed by atoms with Gasteiger partial charge in [0.15, 0.2) is 23.3 Å². The molecule has 0 radical (unpaired) electrons. The molecule has 146 valence electrons. The van der Waals surface area contributed by atoms with E-state index in [0.29, 0.717) is 0 Å². The zero-order chi connectivity index (χ0) is 21.0. The Morgan fingerprint density at radius 2 is 1.75 bits per heavy atom. The monoisotopic (exact) mass is 395 g/mol. The maximum Gasteiger partial charge on any atom is 0.348 e. The highest BCUT2D eigenvalue weighted by Gasteiger charge is 2.43. The van der Waals surface area contributed by atoms with Gasteiger partial charge >= 0.3 is 11.9 Å². The standard InChI is InChI=1S/C19H13F4NO4/c1-3-4-11-14(20)16(22)13(17(23)15(11)21)8-28-19(26)12-6-9(12)5-10(7-24)18(25)27-2/h1,5,9,12H,4,6,8H2,2H3/t9-,12-/m1/s1. The first-order valence-corrected chi connectivity index (χ1v) is 7.90. The molecule has 1 fully saturated rings. The van der Waals surface area contributed by atoms with Crippen LogP contribution >= 0.6 is 0 Å². The summed E-state index contributed by atoms with van der Waals surface area (Å²) in [4.78, 5) is 23.3. The third-order valence-electron chi connectivity index (χ3n) is 4.13. The van der Waals surface area contributed by atoms with Gasteiger partial charge in [-0.2, -0.15) is 5.26 Å². The van der Waals surface area contributed by atoms with Crippen molar-refractivity contribution in [2.45, 2.75) is 19.4 Å². The number of ether oxygens (including phenoxy) is 2. The van der Waals surface area contributed by atoms with Gasteiger partial charge < -0.3 is 9.47 Å².